The predicted octanol–water partition coefficient (Wildman–Crippen LogP) is -0.291. The fraction of sp³-hybridized carbons (Fsp3) is 0.667. The summed E-state index contributed by atoms with van der Waals surface area (Å²) in [5.74, 6) is 0. The quantitative estimate of drug-likeness (QED) is 0.791. The number of nitrogens with zero attached hydrogens (tertiary/aromatic N) is 3. The summed E-state index contributed by atoms with van der Waals surface area (Å²) >= 11 is 0. The Morgan fingerprint density at radius 2 is 1.94 bits per heavy atom. The van der Waals surface area contributed by atoms with Crippen molar-refractivity contribution < 1.29 is 8.42 Å². The minimum absolute atomic E-state index is 0.145. The van der Waals surface area contributed by atoms with Crippen molar-refractivity contribution in [2.24, 2.45) is 5.14 Å². The van der Waals surface area contributed by atoms with E-state index in [-0.39, 0.29) is 4.90 Å². The van der Waals surface area contributed by atoms with Crippen LogP contribution in [0.1, 0.15) is 11.4 Å². The number of primary sulfonamides is 1. The molecule has 0 bridgehead atoms. The molecule has 0 aliphatic carbocycles. The smallest absolute Gasteiger partial charge is 0.241 e. The van der Waals surface area contributed by atoms with Crippen LogP contribution in [0, 0.1) is 13.8 Å². The highest BCUT2D eigenvalue weighted by Gasteiger charge is 2.20. The molecule has 16 heavy (non-hydrogen) atoms. The van der Waals surface area contributed by atoms with Gasteiger partial charge in [-0.2, -0.15) is 5.10 Å². The number of nitrogens with two attached hydrogens (primary N) is 1. The monoisotopic (exact) mass is 246 g/mol. The maximum atomic E-state index is 11.3. The number of aromatic nitrogens is 2. The molecule has 0 radical (unpaired) electrons. The molecule has 0 saturated heterocycles. The lowest BCUT2D eigenvalue weighted by molar-refractivity contribution is 0.370. The third-order valence-electron chi connectivity index (χ3n) is 2.36. The normalized spacial score (nSPS) is 12.4. The van der Waals surface area contributed by atoms with Crippen LogP contribution in [0.2, 0.25) is 0 Å². The molecule has 1 heterocycles. The molecule has 0 unspecified atom stereocenters. The molecule has 0 aromatic carbocycles. The first kappa shape index (κ1) is 13.1. The highest BCUT2D eigenvalue weighted by atomic mass is 32.2. The molecule has 1 rings (SSSR count). The van der Waals surface area contributed by atoms with E-state index in [1.807, 2.05) is 19.0 Å². The number of aryl methyl sites for hydroxylation is 1. The van der Waals surface area contributed by atoms with Crippen LogP contribution in [0.5, 0.6) is 0 Å². The summed E-state index contributed by atoms with van der Waals surface area (Å²) in [6.45, 7) is 4.81. The maximum Gasteiger partial charge on any atom is 0.241 e. The highest BCUT2D eigenvalue weighted by molar-refractivity contribution is 7.89. The van der Waals surface area contributed by atoms with Gasteiger partial charge in [0.05, 0.1) is 17.9 Å². The molecule has 7 heteroatoms. The molecule has 1 aromatic rings. The van der Waals surface area contributed by atoms with Gasteiger partial charge < -0.3 is 4.90 Å². The second-order valence-electron chi connectivity index (χ2n) is 4.07. The molecule has 0 spiro atoms. The Kier molecular flexibility index (Phi) is 3.72. The molecule has 92 valence electrons. The number of rotatable bonds is 4. The molecule has 1 aromatic heterocycles. The van der Waals surface area contributed by atoms with E-state index in [4.69, 9.17) is 5.14 Å². The number of sulfonamides is 1. The maximum absolute atomic E-state index is 11.3. The Morgan fingerprint density at radius 3 is 2.31 bits per heavy atom. The first-order valence-corrected chi connectivity index (χ1v) is 6.49. The van der Waals surface area contributed by atoms with Crippen LogP contribution in [-0.2, 0) is 16.6 Å². The van der Waals surface area contributed by atoms with Crippen LogP contribution in [0.3, 0.4) is 0 Å². The van der Waals surface area contributed by atoms with Gasteiger partial charge in [0.25, 0.3) is 0 Å². The third kappa shape index (κ3) is 2.81. The molecule has 0 fully saturated rings. The number of hydrogen-bond acceptors (Lipinski definition) is 4. The fourth-order valence-corrected chi connectivity index (χ4v) is 2.57. The van der Waals surface area contributed by atoms with Crippen molar-refractivity contribution >= 4 is 10.0 Å². The molecule has 0 atom stereocenters. The van der Waals surface area contributed by atoms with E-state index >= 15 is 0 Å². The summed E-state index contributed by atoms with van der Waals surface area (Å²) < 4.78 is 24.4. The Morgan fingerprint density at radius 1 is 1.38 bits per heavy atom. The van der Waals surface area contributed by atoms with Gasteiger partial charge in [-0.3, -0.25) is 4.68 Å². The van der Waals surface area contributed by atoms with Gasteiger partial charge in [-0.05, 0) is 27.9 Å². The third-order valence-corrected chi connectivity index (χ3v) is 3.52. The second-order valence-corrected chi connectivity index (χ2v) is 5.57. The lowest BCUT2D eigenvalue weighted by atomic mass is 10.4. The summed E-state index contributed by atoms with van der Waals surface area (Å²) in [5.41, 5.74) is 1.06. The van der Waals surface area contributed by atoms with Crippen molar-refractivity contribution in [2.45, 2.75) is 25.3 Å². The van der Waals surface area contributed by atoms with Gasteiger partial charge in [-0.25, -0.2) is 13.6 Å². The first-order chi connectivity index (χ1) is 7.23. The molecule has 0 saturated carbocycles. The van der Waals surface area contributed by atoms with E-state index in [1.165, 1.54) is 0 Å². The van der Waals surface area contributed by atoms with Crippen molar-refractivity contribution in [3.63, 3.8) is 0 Å². The molecule has 2 N–H and O–H groups in total. The number of hydrogen-bond donors (Lipinski definition) is 1. The van der Waals surface area contributed by atoms with Gasteiger partial charge in [0, 0.05) is 6.54 Å². The largest absolute Gasteiger partial charge is 0.308 e. The average molecular weight is 246 g/mol. The Bertz CT molecular complexity index is 476. The first-order valence-electron chi connectivity index (χ1n) is 4.95. The summed E-state index contributed by atoms with van der Waals surface area (Å²) in [4.78, 5) is 2.15. The van der Waals surface area contributed by atoms with E-state index < -0.39 is 10.0 Å². The van der Waals surface area contributed by atoms with Gasteiger partial charge in [0.2, 0.25) is 10.0 Å². The number of likely N-dealkylation sites (N-methyl/N-ethyl adjacent to an activating group) is 1. The Labute approximate surface area is 96.1 Å². The van der Waals surface area contributed by atoms with Gasteiger partial charge in [-0.15, -0.1) is 0 Å². The lowest BCUT2D eigenvalue weighted by Gasteiger charge is -2.10. The van der Waals surface area contributed by atoms with Crippen molar-refractivity contribution in [2.75, 3.05) is 20.6 Å². The highest BCUT2D eigenvalue weighted by Crippen LogP contribution is 2.17. The zero-order valence-corrected chi connectivity index (χ0v) is 10.9. The average Bonchev–Trinajstić information content (AvgIpc) is 2.36. The summed E-state index contributed by atoms with van der Waals surface area (Å²) in [5, 5.41) is 9.32. The summed E-state index contributed by atoms with van der Waals surface area (Å²) in [6.07, 6.45) is 0. The minimum Gasteiger partial charge on any atom is -0.308 e. The van der Waals surface area contributed by atoms with Crippen molar-refractivity contribution in [1.29, 1.82) is 0 Å². The van der Waals surface area contributed by atoms with Crippen LogP contribution >= 0.6 is 0 Å². The van der Waals surface area contributed by atoms with Crippen LogP contribution in [0.25, 0.3) is 0 Å². The summed E-state index contributed by atoms with van der Waals surface area (Å²) in [6, 6.07) is 0. The van der Waals surface area contributed by atoms with Crippen molar-refractivity contribution in [3.8, 4) is 0 Å². The topological polar surface area (TPSA) is 81.2 Å². The summed E-state index contributed by atoms with van der Waals surface area (Å²) in [7, 11) is 0.223. The van der Waals surface area contributed by atoms with Gasteiger partial charge in [0.1, 0.15) is 4.90 Å². The van der Waals surface area contributed by atoms with E-state index in [2.05, 4.69) is 5.10 Å². The second kappa shape index (κ2) is 4.52. The van der Waals surface area contributed by atoms with E-state index in [1.54, 1.807) is 18.5 Å². The van der Waals surface area contributed by atoms with Gasteiger partial charge in [0.15, 0.2) is 0 Å². The van der Waals surface area contributed by atoms with Crippen LogP contribution in [0.4, 0.5) is 0 Å². The molecule has 0 amide bonds. The van der Waals surface area contributed by atoms with Gasteiger partial charge in [-0.1, -0.05) is 0 Å². The SMILES string of the molecule is Cc1nn(CCN(C)C)c(C)c1S(N)(=O)=O. The predicted molar refractivity (Wildman–Crippen MR) is 61.6 cm³/mol. The standard InChI is InChI=1S/C9H18N4O2S/c1-7-9(16(10,14)15)8(2)13(11-7)6-5-12(3)4/h5-6H2,1-4H3,(H2,10,14,15). The van der Waals surface area contributed by atoms with Crippen molar-refractivity contribution in [3.05, 3.63) is 11.4 Å². The van der Waals surface area contributed by atoms with Crippen LogP contribution in [0.15, 0.2) is 4.90 Å². The zero-order valence-electron chi connectivity index (χ0n) is 10.1. The zero-order chi connectivity index (χ0) is 12.5. The van der Waals surface area contributed by atoms with Gasteiger partial charge >= 0.3 is 0 Å². The molecular formula is C9H18N4O2S. The van der Waals surface area contributed by atoms with Crippen molar-refractivity contribution in [1.82, 2.24) is 14.7 Å². The van der Waals surface area contributed by atoms with E-state index in [0.717, 1.165) is 6.54 Å². The van der Waals surface area contributed by atoms with E-state index in [0.29, 0.717) is 17.9 Å². The molecule has 0 aliphatic heterocycles. The Hall–Kier alpha value is -0.920. The molecule has 0 aliphatic rings. The molecule has 6 nitrogen and oxygen atoms in total. The minimum atomic E-state index is -3.68. The van der Waals surface area contributed by atoms with E-state index in [9.17, 15) is 8.42 Å². The fourth-order valence-electron chi connectivity index (χ4n) is 1.60. The molecular weight excluding hydrogens is 228 g/mol. The van der Waals surface area contributed by atoms with Crippen LogP contribution in [-0.4, -0.2) is 43.7 Å². The lowest BCUT2D eigenvalue weighted by Crippen LogP contribution is -2.20. The van der Waals surface area contributed by atoms with Crippen LogP contribution < -0.4 is 5.14 Å². The Balaban J connectivity index is 3.08.